The molecule has 116 valence electrons. The summed E-state index contributed by atoms with van der Waals surface area (Å²) in [5.41, 5.74) is 6.58. The number of amides is 1. The maximum Gasteiger partial charge on any atom is 0.303 e. The van der Waals surface area contributed by atoms with Crippen LogP contribution in [0.1, 0.15) is 49.2 Å². The lowest BCUT2D eigenvalue weighted by Crippen LogP contribution is -2.28. The molecule has 0 saturated heterocycles. The molecular formula is C15H23N3O3. The van der Waals surface area contributed by atoms with Crippen LogP contribution in [0.2, 0.25) is 0 Å². The Balaban J connectivity index is 2.44. The van der Waals surface area contributed by atoms with E-state index < -0.39 is 5.97 Å². The molecule has 1 rings (SSSR count). The molecule has 0 unspecified atom stereocenters. The molecule has 0 bridgehead atoms. The highest BCUT2D eigenvalue weighted by molar-refractivity contribution is 5.94. The maximum atomic E-state index is 12.0. The zero-order valence-corrected chi connectivity index (χ0v) is 12.6. The van der Waals surface area contributed by atoms with Crippen molar-refractivity contribution in [3.05, 3.63) is 29.6 Å². The van der Waals surface area contributed by atoms with Crippen molar-refractivity contribution in [2.24, 2.45) is 11.1 Å². The summed E-state index contributed by atoms with van der Waals surface area (Å²) in [6.45, 7) is 4.80. The Labute approximate surface area is 124 Å². The van der Waals surface area contributed by atoms with Crippen LogP contribution in [0.3, 0.4) is 0 Å². The number of pyridine rings is 1. The summed E-state index contributed by atoms with van der Waals surface area (Å²) in [6, 6.07) is 3.31. The van der Waals surface area contributed by atoms with Gasteiger partial charge in [-0.25, -0.2) is 0 Å². The number of hydrogen-bond acceptors (Lipinski definition) is 4. The van der Waals surface area contributed by atoms with E-state index in [9.17, 15) is 9.59 Å². The second kappa shape index (κ2) is 7.73. The molecule has 0 atom stereocenters. The van der Waals surface area contributed by atoms with E-state index in [0.717, 1.165) is 6.42 Å². The predicted octanol–water partition coefficient (Wildman–Crippen LogP) is 1.55. The second-order valence-corrected chi connectivity index (χ2v) is 5.80. The molecule has 0 radical (unpaired) electrons. The van der Waals surface area contributed by atoms with Gasteiger partial charge in [0.25, 0.3) is 5.91 Å². The molecule has 0 aromatic carbocycles. The van der Waals surface area contributed by atoms with Gasteiger partial charge in [0, 0.05) is 31.3 Å². The highest BCUT2D eigenvalue weighted by Crippen LogP contribution is 2.26. The lowest BCUT2D eigenvalue weighted by atomic mass is 9.84. The van der Waals surface area contributed by atoms with Crippen LogP contribution in [0.25, 0.3) is 0 Å². The van der Waals surface area contributed by atoms with Gasteiger partial charge in [-0.1, -0.05) is 13.8 Å². The Morgan fingerprint density at radius 2 is 2.10 bits per heavy atom. The van der Waals surface area contributed by atoms with E-state index in [4.69, 9.17) is 10.8 Å². The summed E-state index contributed by atoms with van der Waals surface area (Å²) in [5.74, 6) is -0.959. The fourth-order valence-corrected chi connectivity index (χ4v) is 1.92. The minimum atomic E-state index is -0.793. The first-order valence-corrected chi connectivity index (χ1v) is 6.99. The third-order valence-electron chi connectivity index (χ3n) is 3.39. The smallest absolute Gasteiger partial charge is 0.303 e. The van der Waals surface area contributed by atoms with Crippen molar-refractivity contribution in [3.63, 3.8) is 0 Å². The molecule has 4 N–H and O–H groups in total. The monoisotopic (exact) mass is 293 g/mol. The summed E-state index contributed by atoms with van der Waals surface area (Å²) in [6.07, 6.45) is 3.02. The van der Waals surface area contributed by atoms with Crippen LogP contribution >= 0.6 is 0 Å². The Morgan fingerprint density at radius 1 is 1.38 bits per heavy atom. The molecule has 1 heterocycles. The van der Waals surface area contributed by atoms with Gasteiger partial charge in [0.1, 0.15) is 0 Å². The fraction of sp³-hybridized carbons (Fsp3) is 0.533. The zero-order chi connectivity index (χ0) is 15.9. The number of carboxylic acids is 1. The number of aliphatic carboxylic acids is 1. The Morgan fingerprint density at radius 3 is 2.71 bits per heavy atom. The average Bonchev–Trinajstić information content (AvgIpc) is 2.45. The van der Waals surface area contributed by atoms with Crippen LogP contribution in [-0.2, 0) is 11.3 Å². The molecule has 0 saturated carbocycles. The lowest BCUT2D eigenvalue weighted by Gasteiger charge is -2.23. The van der Waals surface area contributed by atoms with Crippen molar-refractivity contribution in [1.82, 2.24) is 10.3 Å². The molecular weight excluding hydrogens is 270 g/mol. The van der Waals surface area contributed by atoms with Crippen molar-refractivity contribution in [2.45, 2.75) is 39.7 Å². The molecule has 0 aliphatic heterocycles. The lowest BCUT2D eigenvalue weighted by molar-refractivity contribution is -0.137. The van der Waals surface area contributed by atoms with E-state index in [1.54, 1.807) is 18.3 Å². The zero-order valence-electron chi connectivity index (χ0n) is 12.6. The highest BCUT2D eigenvalue weighted by Gasteiger charge is 2.19. The molecule has 0 aliphatic carbocycles. The first kappa shape index (κ1) is 17.1. The molecule has 0 fully saturated rings. The SMILES string of the molecule is CC(C)(CCNC(=O)c1ccnc(CN)c1)CCC(=O)O. The normalized spacial score (nSPS) is 11.2. The maximum absolute atomic E-state index is 12.0. The molecule has 1 aromatic rings. The van der Waals surface area contributed by atoms with Crippen LogP contribution in [0, 0.1) is 5.41 Å². The highest BCUT2D eigenvalue weighted by atomic mass is 16.4. The van der Waals surface area contributed by atoms with E-state index in [0.29, 0.717) is 30.8 Å². The first-order valence-electron chi connectivity index (χ1n) is 6.99. The number of carbonyl (C=O) groups excluding carboxylic acids is 1. The van der Waals surface area contributed by atoms with E-state index >= 15 is 0 Å². The first-order chi connectivity index (χ1) is 9.84. The number of nitrogens with two attached hydrogens (primary N) is 1. The standard InChI is InChI=1S/C15H23N3O3/c1-15(2,5-3-13(19)20)6-8-18-14(21)11-4-7-17-12(9-11)10-16/h4,7,9H,3,5-6,8,10,16H2,1-2H3,(H,18,21)(H,19,20). The Hall–Kier alpha value is -1.95. The van der Waals surface area contributed by atoms with E-state index in [1.807, 2.05) is 13.8 Å². The fourth-order valence-electron chi connectivity index (χ4n) is 1.92. The van der Waals surface area contributed by atoms with Crippen molar-refractivity contribution in [3.8, 4) is 0 Å². The number of nitrogens with zero attached hydrogens (tertiary/aromatic N) is 1. The van der Waals surface area contributed by atoms with Gasteiger partial charge in [-0.05, 0) is 30.4 Å². The molecule has 1 amide bonds. The van der Waals surface area contributed by atoms with Gasteiger partial charge in [0.05, 0.1) is 5.69 Å². The van der Waals surface area contributed by atoms with Gasteiger partial charge in [0.2, 0.25) is 0 Å². The Bertz CT molecular complexity index is 501. The van der Waals surface area contributed by atoms with Crippen LogP contribution in [0.5, 0.6) is 0 Å². The van der Waals surface area contributed by atoms with Crippen molar-refractivity contribution >= 4 is 11.9 Å². The molecule has 1 aromatic heterocycles. The van der Waals surface area contributed by atoms with Crippen molar-refractivity contribution < 1.29 is 14.7 Å². The third-order valence-corrected chi connectivity index (χ3v) is 3.39. The van der Waals surface area contributed by atoms with Gasteiger partial charge >= 0.3 is 5.97 Å². The number of aromatic nitrogens is 1. The molecule has 6 nitrogen and oxygen atoms in total. The number of carbonyl (C=O) groups is 2. The second-order valence-electron chi connectivity index (χ2n) is 5.80. The molecule has 21 heavy (non-hydrogen) atoms. The summed E-state index contributed by atoms with van der Waals surface area (Å²) >= 11 is 0. The van der Waals surface area contributed by atoms with Crippen molar-refractivity contribution in [1.29, 1.82) is 0 Å². The predicted molar refractivity (Wildman–Crippen MR) is 79.7 cm³/mol. The van der Waals surface area contributed by atoms with Gasteiger partial charge in [-0.15, -0.1) is 0 Å². The van der Waals surface area contributed by atoms with Crippen LogP contribution < -0.4 is 11.1 Å². The quantitative estimate of drug-likeness (QED) is 0.674. The van der Waals surface area contributed by atoms with Gasteiger partial charge in [-0.3, -0.25) is 14.6 Å². The molecule has 6 heteroatoms. The van der Waals surface area contributed by atoms with Gasteiger partial charge < -0.3 is 16.2 Å². The van der Waals surface area contributed by atoms with E-state index in [-0.39, 0.29) is 17.7 Å². The number of nitrogens with one attached hydrogen (secondary N) is 1. The van der Waals surface area contributed by atoms with Crippen molar-refractivity contribution in [2.75, 3.05) is 6.54 Å². The van der Waals surface area contributed by atoms with Crippen LogP contribution in [-0.4, -0.2) is 28.5 Å². The Kier molecular flexibility index (Phi) is 6.30. The summed E-state index contributed by atoms with van der Waals surface area (Å²) < 4.78 is 0. The third kappa shape index (κ3) is 6.35. The van der Waals surface area contributed by atoms with Gasteiger partial charge in [-0.2, -0.15) is 0 Å². The largest absolute Gasteiger partial charge is 0.481 e. The number of hydrogen-bond donors (Lipinski definition) is 3. The molecule has 0 spiro atoms. The summed E-state index contributed by atoms with van der Waals surface area (Å²) in [5, 5.41) is 11.5. The van der Waals surface area contributed by atoms with Gasteiger partial charge in [0.15, 0.2) is 0 Å². The summed E-state index contributed by atoms with van der Waals surface area (Å²) in [4.78, 5) is 26.6. The number of rotatable bonds is 8. The molecule has 0 aliphatic rings. The minimum Gasteiger partial charge on any atom is -0.481 e. The van der Waals surface area contributed by atoms with Crippen LogP contribution in [0.4, 0.5) is 0 Å². The van der Waals surface area contributed by atoms with E-state index in [1.165, 1.54) is 0 Å². The topological polar surface area (TPSA) is 105 Å². The minimum absolute atomic E-state index is 0.119. The summed E-state index contributed by atoms with van der Waals surface area (Å²) in [7, 11) is 0. The average molecular weight is 293 g/mol. The van der Waals surface area contributed by atoms with Crippen LogP contribution in [0.15, 0.2) is 18.3 Å². The van der Waals surface area contributed by atoms with E-state index in [2.05, 4.69) is 10.3 Å². The number of carboxylic acid groups (broad SMARTS) is 1.